The van der Waals surface area contributed by atoms with Gasteiger partial charge in [-0.15, -0.1) is 40.8 Å². The second-order valence-electron chi connectivity index (χ2n) is 32.4. The summed E-state index contributed by atoms with van der Waals surface area (Å²) in [5.74, 6) is -3.84. The quantitative estimate of drug-likeness (QED) is 0.0617. The normalized spacial score (nSPS) is 12.0. The fourth-order valence-electron chi connectivity index (χ4n) is 15.7. The third-order valence-electron chi connectivity index (χ3n) is 22.5. The first-order valence-corrected chi connectivity index (χ1v) is 47.2. The Bertz CT molecular complexity index is 8480. The molecule has 10 aromatic carbocycles. The Kier molecular flexibility index (Phi) is 28.9. The van der Waals surface area contributed by atoms with Gasteiger partial charge in [-0.05, 0) is 179 Å². The first kappa shape index (κ1) is 98.6. The van der Waals surface area contributed by atoms with E-state index in [1.165, 1.54) is 42.7 Å². The van der Waals surface area contributed by atoms with Gasteiger partial charge in [0.25, 0.3) is 11.8 Å². The molecule has 1 aliphatic rings. The molecule has 40 heteroatoms. The number of pyridine rings is 1. The SMILES string of the molecule is C=c1nnc2n1NC(OCc1ccc(-c3ccno3)cc1)=C(c1ccc(Cl)cc1)C=2c1ccc(Cl)cc1.CC(F)(F)c1ccc(Cn2nc3c(-c4ccc(Cl)cc4)c(-c4ccc(Cl)cc4)c(Cl)nn3c2=O)nc1.CCOc1nn2c(=O)n(Cc3ccc(C(C)(F)F)cc3)nc2c(-c2ccc(Cl)cc2)c1-c1ccc(Cl)cc1.Cc1cc(Cn2nc3c(-c4ccc(Cl)cc4)c(-c4ccc(Cl)cc4)c(Cl)nn3c2=O)no1. The van der Waals surface area contributed by atoms with Crippen molar-refractivity contribution in [1.29, 1.82) is 0 Å². The molecule has 20 aromatic rings. The van der Waals surface area contributed by atoms with Gasteiger partial charge in [-0.3, -0.25) is 10.4 Å². The molecule has 0 radical (unpaired) electrons. The number of nitrogens with one attached hydrogen (secondary N) is 1. The second-order valence-corrected chi connectivity index (χ2v) is 36.6. The number of allylic oxidation sites excluding steroid dienone is 1. The van der Waals surface area contributed by atoms with Gasteiger partial charge in [0.15, 0.2) is 44.0 Å². The number of benzene rings is 10. The summed E-state index contributed by atoms with van der Waals surface area (Å²) in [6.45, 7) is 10.0. The van der Waals surface area contributed by atoms with E-state index in [4.69, 9.17) is 135 Å². The van der Waals surface area contributed by atoms with Crippen LogP contribution >= 0.6 is 116 Å². The summed E-state index contributed by atoms with van der Waals surface area (Å²) in [5, 5.41) is 48.1. The molecule has 0 spiro atoms. The van der Waals surface area contributed by atoms with Crippen molar-refractivity contribution >= 4 is 151 Å². The Labute approximate surface area is 858 Å². The van der Waals surface area contributed by atoms with Crippen molar-refractivity contribution in [2.75, 3.05) is 12.0 Å². The molecule has 718 valence electrons. The van der Waals surface area contributed by atoms with Crippen LogP contribution in [0.4, 0.5) is 17.6 Å². The smallest absolute Gasteiger partial charge is 0.367 e. The molecule has 0 fully saturated rings. The van der Waals surface area contributed by atoms with E-state index in [2.05, 4.69) is 68.1 Å². The number of nitrogens with zero attached hydrogens (tertiary/aromatic N) is 18. The number of hydrogen-bond acceptors (Lipinski definition) is 19. The zero-order valence-corrected chi connectivity index (χ0v) is 82.6. The Morgan fingerprint density at radius 2 is 0.769 bits per heavy atom. The van der Waals surface area contributed by atoms with E-state index in [-0.39, 0.29) is 52.6 Å². The van der Waals surface area contributed by atoms with E-state index in [0.29, 0.717) is 149 Å². The lowest BCUT2D eigenvalue weighted by molar-refractivity contribution is 0.0165. The summed E-state index contributed by atoms with van der Waals surface area (Å²) in [5.41, 5.74) is 18.6. The molecular formula is C103H71Cl10F4N19O7. The van der Waals surface area contributed by atoms with E-state index in [9.17, 15) is 31.9 Å². The van der Waals surface area contributed by atoms with Gasteiger partial charge in [0, 0.05) is 122 Å². The lowest BCUT2D eigenvalue weighted by Crippen LogP contribution is -2.40. The Morgan fingerprint density at radius 1 is 0.392 bits per heavy atom. The van der Waals surface area contributed by atoms with E-state index in [1.807, 2.05) is 134 Å². The predicted molar refractivity (Wildman–Crippen MR) is 547 cm³/mol. The first-order chi connectivity index (χ1) is 68.7. The van der Waals surface area contributed by atoms with Crippen LogP contribution in [0.1, 0.15) is 71.3 Å². The molecule has 21 rings (SSSR count). The molecule has 0 amide bonds. The maximum atomic E-state index is 13.6. The highest BCUT2D eigenvalue weighted by atomic mass is 35.5. The molecule has 26 nitrogen and oxygen atoms in total. The summed E-state index contributed by atoms with van der Waals surface area (Å²) in [7, 11) is 0. The average Bonchev–Trinajstić information content (AvgIpc) is 1.51. The van der Waals surface area contributed by atoms with E-state index < -0.39 is 28.9 Å². The van der Waals surface area contributed by atoms with Crippen LogP contribution in [0.2, 0.25) is 50.5 Å². The zero-order valence-electron chi connectivity index (χ0n) is 75.0. The highest BCUT2D eigenvalue weighted by Crippen LogP contribution is 2.45. The van der Waals surface area contributed by atoms with Gasteiger partial charge >= 0.3 is 17.1 Å². The van der Waals surface area contributed by atoms with Crippen molar-refractivity contribution in [3.63, 3.8) is 0 Å². The molecule has 1 N–H and O–H groups in total. The number of rotatable bonds is 22. The molecule has 10 aromatic heterocycles. The minimum atomic E-state index is -3.02. The van der Waals surface area contributed by atoms with Crippen molar-refractivity contribution in [1.82, 2.24) is 88.4 Å². The maximum absolute atomic E-state index is 13.6. The third-order valence-corrected chi connectivity index (χ3v) is 25.1. The molecular weight excluding hydrogens is 2050 g/mol. The van der Waals surface area contributed by atoms with Crippen LogP contribution in [0.3, 0.4) is 0 Å². The van der Waals surface area contributed by atoms with Crippen LogP contribution in [0.5, 0.6) is 5.88 Å². The topological polar surface area (TPSA) is 283 Å². The van der Waals surface area contributed by atoms with Gasteiger partial charge in [0.2, 0.25) is 11.8 Å². The Morgan fingerprint density at radius 3 is 1.17 bits per heavy atom. The maximum Gasteiger partial charge on any atom is 0.367 e. The van der Waals surface area contributed by atoms with E-state index >= 15 is 0 Å². The monoisotopic (exact) mass is 2110 g/mol. The van der Waals surface area contributed by atoms with Crippen molar-refractivity contribution in [2.24, 2.45) is 0 Å². The summed E-state index contributed by atoms with van der Waals surface area (Å²) in [6.07, 6.45) is 2.71. The number of hydrogen-bond donors (Lipinski definition) is 1. The molecule has 11 heterocycles. The largest absolute Gasteiger partial charge is 0.476 e. The molecule has 1 aliphatic heterocycles. The van der Waals surface area contributed by atoms with Gasteiger partial charge in [-0.25, -0.2) is 50.7 Å². The molecule has 0 atom stereocenters. The lowest BCUT2D eigenvalue weighted by atomic mass is 9.92. The van der Waals surface area contributed by atoms with Crippen LogP contribution in [0, 0.1) is 6.92 Å². The van der Waals surface area contributed by atoms with Crippen molar-refractivity contribution < 1.29 is 36.1 Å². The molecule has 0 aliphatic carbocycles. The minimum absolute atomic E-state index is 0.0499. The van der Waals surface area contributed by atoms with Crippen molar-refractivity contribution in [2.45, 2.75) is 65.8 Å². The lowest BCUT2D eigenvalue weighted by Gasteiger charge is -2.24. The summed E-state index contributed by atoms with van der Waals surface area (Å²) < 4.78 is 85.9. The molecule has 0 saturated heterocycles. The molecule has 143 heavy (non-hydrogen) atoms. The zero-order chi connectivity index (χ0) is 100. The van der Waals surface area contributed by atoms with Gasteiger partial charge in [-0.1, -0.05) is 278 Å². The third kappa shape index (κ3) is 21.6. The average molecular weight is 2120 g/mol. The van der Waals surface area contributed by atoms with Gasteiger partial charge < -0.3 is 18.5 Å². The molecule has 0 bridgehead atoms. The number of aromatic nitrogens is 18. The molecule has 0 saturated carbocycles. The predicted octanol–water partition coefficient (Wildman–Crippen LogP) is 24.4. The Balaban J connectivity index is 0.000000126. The van der Waals surface area contributed by atoms with Crippen LogP contribution in [-0.4, -0.2) is 95.0 Å². The second kappa shape index (κ2) is 41.9. The Hall–Kier alpha value is -14.5. The van der Waals surface area contributed by atoms with Crippen LogP contribution in [-0.2, 0) is 42.8 Å². The van der Waals surface area contributed by atoms with Crippen molar-refractivity contribution in [3.05, 3.63) is 429 Å². The number of fused-ring (bicyclic) bond motifs is 4. The minimum Gasteiger partial charge on any atom is -0.476 e. The van der Waals surface area contributed by atoms with Crippen LogP contribution in [0.25, 0.3) is 113 Å². The first-order valence-electron chi connectivity index (χ1n) is 43.4. The van der Waals surface area contributed by atoms with Crippen molar-refractivity contribution in [3.8, 4) is 84.0 Å². The highest BCUT2D eigenvalue weighted by Gasteiger charge is 2.32. The number of halogens is 14. The van der Waals surface area contributed by atoms with Crippen LogP contribution < -0.4 is 38.2 Å². The van der Waals surface area contributed by atoms with Crippen LogP contribution in [0.15, 0.2) is 309 Å². The van der Waals surface area contributed by atoms with Gasteiger partial charge in [0.1, 0.15) is 18.1 Å². The fraction of sp³-hybridized carbons (Fsp3) is 0.107. The molecule has 0 unspecified atom stereocenters. The van der Waals surface area contributed by atoms with Gasteiger partial charge in [-0.2, -0.15) is 13.5 Å². The fourth-order valence-corrected chi connectivity index (χ4v) is 17.2. The number of aryl methyl sites for hydroxylation is 1. The number of alkyl halides is 4. The number of ether oxygens (including phenoxy) is 2. The van der Waals surface area contributed by atoms with E-state index in [1.54, 1.807) is 133 Å². The summed E-state index contributed by atoms with van der Waals surface area (Å²) in [4.78, 5) is 43.8. The standard InChI is InChI=1S/C28H22Cl2F2N4O2.C28H19Cl2N5O2.C25H16Cl3F2N5O.C22H14Cl3N5O2/c1-3-38-26-24(19-8-14-22(30)15-9-19)23(18-6-12-21(29)13-7-18)25-33-35(27(37)36(25)34-26)16-17-4-10-20(11-5-17)28(2,31)32;1-17-32-33-27-25(20-6-10-22(29)11-7-20)26(21-8-12-23(30)13-9-21)28(34-35(17)27)36-16-18-2-4-19(5-3-18)24-14-15-31-37-24;1-25(29,30)16-6-11-19(31-12-16)13-34-24(36)35-23(33-34)21(15-4-9-18(27)10-5-15)20(22(28)32-35)14-2-7-17(26)8-3-14;1-12-10-17(28-32-12)11-29-22(31)30-21(27-29)19(14-4-8-16(24)9-5-14)18(20(25)26-30)13-2-6-15(23)7-3-13/h4-15H,3,16H2,1-2H3;2-15,34H,1,16H2;2-12H,13H2,1H3;2-10H,11H2,1H3. The summed E-state index contributed by atoms with van der Waals surface area (Å²) in [6, 6.07) is 78.0. The van der Waals surface area contributed by atoms with E-state index in [0.717, 1.165) is 90.5 Å². The highest BCUT2D eigenvalue weighted by molar-refractivity contribution is 6.35. The summed E-state index contributed by atoms with van der Waals surface area (Å²) >= 11 is 62.3. The van der Waals surface area contributed by atoms with Gasteiger partial charge in [0.05, 0.1) is 49.3 Å².